The van der Waals surface area contributed by atoms with Gasteiger partial charge in [0.05, 0.1) is 11.6 Å². The number of aromatic nitrogens is 1. The van der Waals surface area contributed by atoms with E-state index in [2.05, 4.69) is 23.7 Å². The first kappa shape index (κ1) is 13.0. The van der Waals surface area contributed by atoms with Crippen molar-refractivity contribution in [2.45, 2.75) is 20.0 Å². The SMILES string of the molecule is CCN(CC)C[C@H](O)c1cccc2cccnc12. The first-order chi connectivity index (χ1) is 8.76. The average Bonchev–Trinajstić information content (AvgIpc) is 2.43. The lowest BCUT2D eigenvalue weighted by Gasteiger charge is -2.22. The van der Waals surface area contributed by atoms with Gasteiger partial charge in [0.2, 0.25) is 0 Å². The highest BCUT2D eigenvalue weighted by Gasteiger charge is 2.14. The molecule has 0 unspecified atom stereocenters. The number of aliphatic hydroxyl groups is 1. The van der Waals surface area contributed by atoms with E-state index < -0.39 is 6.10 Å². The summed E-state index contributed by atoms with van der Waals surface area (Å²) in [5, 5.41) is 11.4. The highest BCUT2D eigenvalue weighted by Crippen LogP contribution is 2.22. The molecule has 0 aliphatic heterocycles. The number of para-hydroxylation sites is 1. The predicted molar refractivity (Wildman–Crippen MR) is 74.5 cm³/mol. The van der Waals surface area contributed by atoms with Crippen LogP contribution in [0, 0.1) is 0 Å². The minimum Gasteiger partial charge on any atom is -0.387 e. The second-order valence-corrected chi connectivity index (χ2v) is 4.42. The molecule has 3 nitrogen and oxygen atoms in total. The van der Waals surface area contributed by atoms with E-state index >= 15 is 0 Å². The molecule has 0 saturated heterocycles. The van der Waals surface area contributed by atoms with Crippen molar-refractivity contribution in [3.8, 4) is 0 Å². The van der Waals surface area contributed by atoms with Gasteiger partial charge in [-0.3, -0.25) is 4.98 Å². The van der Waals surface area contributed by atoms with Crippen LogP contribution in [0.1, 0.15) is 25.5 Å². The summed E-state index contributed by atoms with van der Waals surface area (Å²) in [7, 11) is 0. The van der Waals surface area contributed by atoms with E-state index in [1.54, 1.807) is 6.20 Å². The van der Waals surface area contributed by atoms with Gasteiger partial charge in [0.25, 0.3) is 0 Å². The summed E-state index contributed by atoms with van der Waals surface area (Å²) in [6, 6.07) is 9.91. The molecule has 2 rings (SSSR count). The van der Waals surface area contributed by atoms with Crippen LogP contribution in [-0.4, -0.2) is 34.6 Å². The third-order valence-corrected chi connectivity index (χ3v) is 3.35. The quantitative estimate of drug-likeness (QED) is 0.878. The molecule has 1 aromatic heterocycles. The van der Waals surface area contributed by atoms with Gasteiger partial charge in [0.15, 0.2) is 0 Å². The van der Waals surface area contributed by atoms with Crippen LogP contribution in [0.4, 0.5) is 0 Å². The number of likely N-dealkylation sites (N-methyl/N-ethyl adjacent to an activating group) is 1. The number of pyridine rings is 1. The van der Waals surface area contributed by atoms with Gasteiger partial charge in [-0.2, -0.15) is 0 Å². The molecule has 96 valence electrons. The smallest absolute Gasteiger partial charge is 0.0937 e. The molecule has 3 heteroatoms. The van der Waals surface area contributed by atoms with Crippen LogP contribution in [0.25, 0.3) is 10.9 Å². The molecule has 0 fully saturated rings. The van der Waals surface area contributed by atoms with Gasteiger partial charge in [-0.05, 0) is 19.2 Å². The van der Waals surface area contributed by atoms with Gasteiger partial charge in [-0.15, -0.1) is 0 Å². The summed E-state index contributed by atoms with van der Waals surface area (Å²) in [5.74, 6) is 0. The van der Waals surface area contributed by atoms with Gasteiger partial charge in [-0.25, -0.2) is 0 Å². The number of fused-ring (bicyclic) bond motifs is 1. The van der Waals surface area contributed by atoms with E-state index in [0.29, 0.717) is 6.54 Å². The van der Waals surface area contributed by atoms with E-state index in [-0.39, 0.29) is 0 Å². The van der Waals surface area contributed by atoms with Crippen LogP contribution < -0.4 is 0 Å². The molecule has 18 heavy (non-hydrogen) atoms. The van der Waals surface area contributed by atoms with Crippen molar-refractivity contribution in [2.24, 2.45) is 0 Å². The maximum absolute atomic E-state index is 10.4. The first-order valence-corrected chi connectivity index (χ1v) is 6.50. The fraction of sp³-hybridized carbons (Fsp3) is 0.400. The Balaban J connectivity index is 2.30. The number of hydrogen-bond donors (Lipinski definition) is 1. The van der Waals surface area contributed by atoms with Crippen LogP contribution in [0.3, 0.4) is 0 Å². The third kappa shape index (κ3) is 2.68. The van der Waals surface area contributed by atoms with Crippen molar-refractivity contribution < 1.29 is 5.11 Å². The highest BCUT2D eigenvalue weighted by atomic mass is 16.3. The van der Waals surface area contributed by atoms with Crippen LogP contribution in [0.5, 0.6) is 0 Å². The van der Waals surface area contributed by atoms with Gasteiger partial charge in [0.1, 0.15) is 0 Å². The zero-order chi connectivity index (χ0) is 13.0. The van der Waals surface area contributed by atoms with E-state index in [1.807, 2.05) is 30.3 Å². The summed E-state index contributed by atoms with van der Waals surface area (Å²) in [6.45, 7) is 6.77. The lowest BCUT2D eigenvalue weighted by Crippen LogP contribution is -2.28. The topological polar surface area (TPSA) is 36.4 Å². The van der Waals surface area contributed by atoms with E-state index in [0.717, 1.165) is 29.6 Å². The zero-order valence-corrected chi connectivity index (χ0v) is 11.0. The van der Waals surface area contributed by atoms with Crippen molar-refractivity contribution in [3.63, 3.8) is 0 Å². The Morgan fingerprint density at radius 1 is 1.17 bits per heavy atom. The van der Waals surface area contributed by atoms with Crippen molar-refractivity contribution in [1.82, 2.24) is 9.88 Å². The maximum Gasteiger partial charge on any atom is 0.0937 e. The predicted octanol–water partition coefficient (Wildman–Crippen LogP) is 2.61. The fourth-order valence-electron chi connectivity index (χ4n) is 2.22. The summed E-state index contributed by atoms with van der Waals surface area (Å²) >= 11 is 0. The molecule has 1 heterocycles. The number of benzene rings is 1. The van der Waals surface area contributed by atoms with Gasteiger partial charge >= 0.3 is 0 Å². The Kier molecular flexibility index (Phi) is 4.28. The molecule has 0 amide bonds. The molecule has 0 aliphatic rings. The molecule has 0 aliphatic carbocycles. The van der Waals surface area contributed by atoms with Crippen molar-refractivity contribution in [3.05, 3.63) is 42.1 Å². The van der Waals surface area contributed by atoms with Gasteiger partial charge in [0, 0.05) is 23.7 Å². The largest absolute Gasteiger partial charge is 0.387 e. The van der Waals surface area contributed by atoms with E-state index in [4.69, 9.17) is 0 Å². The molecular formula is C15H20N2O. The zero-order valence-electron chi connectivity index (χ0n) is 11.0. The molecule has 0 bridgehead atoms. The number of nitrogens with zero attached hydrogens (tertiary/aromatic N) is 2. The average molecular weight is 244 g/mol. The molecule has 0 spiro atoms. The third-order valence-electron chi connectivity index (χ3n) is 3.35. The first-order valence-electron chi connectivity index (χ1n) is 6.50. The summed E-state index contributed by atoms with van der Waals surface area (Å²) < 4.78 is 0. The Labute approximate surface area is 108 Å². The van der Waals surface area contributed by atoms with E-state index in [9.17, 15) is 5.11 Å². The highest BCUT2D eigenvalue weighted by molar-refractivity contribution is 5.81. The fourth-order valence-corrected chi connectivity index (χ4v) is 2.22. The van der Waals surface area contributed by atoms with Crippen molar-refractivity contribution in [1.29, 1.82) is 0 Å². The van der Waals surface area contributed by atoms with Crippen molar-refractivity contribution >= 4 is 10.9 Å². The molecule has 1 aromatic carbocycles. The Bertz CT molecular complexity index is 503. The monoisotopic (exact) mass is 244 g/mol. The number of rotatable bonds is 5. The molecule has 0 radical (unpaired) electrons. The van der Waals surface area contributed by atoms with Gasteiger partial charge < -0.3 is 10.0 Å². The van der Waals surface area contributed by atoms with Crippen molar-refractivity contribution in [2.75, 3.05) is 19.6 Å². The minimum absolute atomic E-state index is 0.483. The van der Waals surface area contributed by atoms with Crippen LogP contribution in [0.2, 0.25) is 0 Å². The van der Waals surface area contributed by atoms with E-state index in [1.165, 1.54) is 0 Å². The maximum atomic E-state index is 10.4. The minimum atomic E-state index is -0.483. The number of hydrogen-bond acceptors (Lipinski definition) is 3. The van der Waals surface area contributed by atoms with Crippen LogP contribution in [0.15, 0.2) is 36.5 Å². The standard InChI is InChI=1S/C15H20N2O/c1-3-17(4-2)11-14(18)13-9-5-7-12-8-6-10-16-15(12)13/h5-10,14,18H,3-4,11H2,1-2H3/t14-/m0/s1. The second-order valence-electron chi connectivity index (χ2n) is 4.42. The second kappa shape index (κ2) is 5.94. The summed E-state index contributed by atoms with van der Waals surface area (Å²) in [4.78, 5) is 6.60. The molecule has 2 aromatic rings. The lowest BCUT2D eigenvalue weighted by molar-refractivity contribution is 0.120. The van der Waals surface area contributed by atoms with Gasteiger partial charge in [-0.1, -0.05) is 38.1 Å². The Morgan fingerprint density at radius 2 is 1.89 bits per heavy atom. The molecule has 1 N–H and O–H groups in total. The molecular weight excluding hydrogens is 224 g/mol. The molecule has 1 atom stereocenters. The van der Waals surface area contributed by atoms with Crippen LogP contribution >= 0.6 is 0 Å². The lowest BCUT2D eigenvalue weighted by atomic mass is 10.0. The summed E-state index contributed by atoms with van der Waals surface area (Å²) in [5.41, 5.74) is 1.82. The Morgan fingerprint density at radius 3 is 2.61 bits per heavy atom. The number of aliphatic hydroxyl groups excluding tert-OH is 1. The van der Waals surface area contributed by atoms with Crippen LogP contribution in [-0.2, 0) is 0 Å². The molecule has 0 saturated carbocycles. The summed E-state index contributed by atoms with van der Waals surface area (Å²) in [6.07, 6.45) is 1.29. The Hall–Kier alpha value is -1.45. The normalized spacial score (nSPS) is 13.1.